The third-order valence-electron chi connectivity index (χ3n) is 15.0. The number of ether oxygens (including phenoxy) is 6. The van der Waals surface area contributed by atoms with E-state index in [0.29, 0.717) is 6.42 Å². The monoisotopic (exact) mass is 1090 g/mol. The van der Waals surface area contributed by atoms with Crippen LogP contribution < -0.4 is 5.32 Å². The van der Waals surface area contributed by atoms with Crippen molar-refractivity contribution in [3.63, 3.8) is 0 Å². The van der Waals surface area contributed by atoms with Crippen LogP contribution in [-0.4, -0.2) is 193 Å². The molecule has 1 amide bonds. The molecule has 17 unspecified atom stereocenters. The van der Waals surface area contributed by atoms with E-state index in [-0.39, 0.29) is 6.61 Å². The summed E-state index contributed by atoms with van der Waals surface area (Å²) < 4.78 is 33.7. The summed E-state index contributed by atoms with van der Waals surface area (Å²) in [5.74, 6) is -0.461. The van der Waals surface area contributed by atoms with Crippen molar-refractivity contribution in [1.82, 2.24) is 5.32 Å². The molecule has 0 aromatic heterocycles. The van der Waals surface area contributed by atoms with Gasteiger partial charge in [0.2, 0.25) is 5.91 Å². The van der Waals surface area contributed by atoms with Gasteiger partial charge in [-0.15, -0.1) is 0 Å². The van der Waals surface area contributed by atoms with E-state index in [1.165, 1.54) is 174 Å². The summed E-state index contributed by atoms with van der Waals surface area (Å²) in [6, 6.07) is -0.988. The quantitative estimate of drug-likeness (QED) is 0.0289. The second-order valence-corrected chi connectivity index (χ2v) is 21.5. The van der Waals surface area contributed by atoms with Crippen molar-refractivity contribution in [3.05, 3.63) is 24.3 Å². The molecule has 0 spiro atoms. The molecule has 0 bridgehead atoms. The van der Waals surface area contributed by atoms with Crippen molar-refractivity contribution in [2.75, 3.05) is 26.4 Å². The zero-order valence-corrected chi connectivity index (χ0v) is 46.2. The lowest BCUT2D eigenvalue weighted by molar-refractivity contribution is -0.379. The summed E-state index contributed by atoms with van der Waals surface area (Å²) in [7, 11) is 0. The van der Waals surface area contributed by atoms with Crippen LogP contribution in [0.25, 0.3) is 0 Å². The van der Waals surface area contributed by atoms with Crippen LogP contribution >= 0.6 is 0 Å². The third kappa shape index (κ3) is 25.8. The van der Waals surface area contributed by atoms with E-state index in [2.05, 4.69) is 24.4 Å². The molecule has 76 heavy (non-hydrogen) atoms. The van der Waals surface area contributed by atoms with Gasteiger partial charge in [0.05, 0.1) is 38.6 Å². The largest absolute Gasteiger partial charge is 0.394 e. The van der Waals surface area contributed by atoms with Gasteiger partial charge in [-0.3, -0.25) is 4.79 Å². The molecule has 12 N–H and O–H groups in total. The van der Waals surface area contributed by atoms with Crippen molar-refractivity contribution in [2.45, 2.75) is 304 Å². The van der Waals surface area contributed by atoms with E-state index in [9.17, 15) is 61.0 Å². The second-order valence-electron chi connectivity index (χ2n) is 21.5. The van der Waals surface area contributed by atoms with Gasteiger partial charge in [-0.2, -0.15) is 0 Å². The van der Waals surface area contributed by atoms with E-state index in [1.54, 1.807) is 6.08 Å². The fraction of sp³-hybridized carbons (Fsp3) is 0.912. The SMILES string of the molecule is CCCCCCCCCCCCCCCCCCCCCCCCCCCC/C=C/CC/C=C/C(O)C(COC1OC(CO)C(OC2OC(CO)C(OC3OC(CO)C(O)C(O)C3O)C(O)C2O)C(O)C1O)NC(C)=O. The summed E-state index contributed by atoms with van der Waals surface area (Å²) in [4.78, 5) is 12.1. The van der Waals surface area contributed by atoms with Crippen molar-refractivity contribution >= 4 is 5.91 Å². The number of carbonyl (C=O) groups is 1. The lowest BCUT2D eigenvalue weighted by Crippen LogP contribution is -2.66. The molecule has 0 aliphatic carbocycles. The molecule has 3 saturated heterocycles. The predicted molar refractivity (Wildman–Crippen MR) is 286 cm³/mol. The molecule has 0 saturated carbocycles. The van der Waals surface area contributed by atoms with Crippen molar-refractivity contribution in [3.8, 4) is 0 Å². The Kier molecular flexibility index (Phi) is 37.2. The number of aliphatic hydroxyl groups excluding tert-OH is 11. The normalized spacial score (nSPS) is 31.1. The smallest absolute Gasteiger partial charge is 0.217 e. The highest BCUT2D eigenvalue weighted by atomic mass is 16.8. The van der Waals surface area contributed by atoms with Gasteiger partial charge < -0.3 is 89.9 Å². The Hall–Kier alpha value is -1.73. The number of allylic oxidation sites excluding steroid dienone is 3. The molecule has 3 fully saturated rings. The Balaban J connectivity index is 1.24. The Morgan fingerprint density at radius 3 is 1.24 bits per heavy atom. The van der Waals surface area contributed by atoms with Crippen molar-refractivity contribution in [1.29, 1.82) is 0 Å². The summed E-state index contributed by atoms with van der Waals surface area (Å²) in [6.07, 6.45) is 19.2. The van der Waals surface area contributed by atoms with Gasteiger partial charge in [0.15, 0.2) is 18.9 Å². The maximum absolute atomic E-state index is 12.1. The summed E-state index contributed by atoms with van der Waals surface area (Å²) in [5, 5.41) is 118. The standard InChI is InChI=1S/C57H105NO18/c1-3-4-5-6-7-8-9-10-11-12-13-14-15-16-17-18-19-20-21-22-23-24-25-26-27-28-29-30-31-32-33-34-35-42(63)41(58-40(2)62)39-71-55-51(69)48(66)53(44(37-60)73-55)76-57-52(70)49(67)54(45(38-61)74-57)75-56-50(68)47(65)46(64)43(36-59)72-56/h30-31,34-35,41-57,59-61,63-70H,3-29,32-33,36-39H2,1-2H3,(H,58,62)/b31-30+,35-34+. The summed E-state index contributed by atoms with van der Waals surface area (Å²) >= 11 is 0. The number of carbonyl (C=O) groups excluding carboxylic acids is 1. The van der Waals surface area contributed by atoms with E-state index in [1.807, 2.05) is 0 Å². The minimum atomic E-state index is -1.98. The molecule has 17 atom stereocenters. The Labute approximate surface area is 454 Å². The molecule has 0 aromatic rings. The van der Waals surface area contributed by atoms with Crippen LogP contribution in [0.2, 0.25) is 0 Å². The molecular formula is C57H105NO18. The van der Waals surface area contributed by atoms with Gasteiger partial charge in [0.1, 0.15) is 73.2 Å². The van der Waals surface area contributed by atoms with Gasteiger partial charge in [-0.1, -0.05) is 192 Å². The molecule has 446 valence electrons. The third-order valence-corrected chi connectivity index (χ3v) is 15.0. The first-order valence-corrected chi connectivity index (χ1v) is 29.5. The Morgan fingerprint density at radius 1 is 0.461 bits per heavy atom. The fourth-order valence-electron chi connectivity index (χ4n) is 10.2. The van der Waals surface area contributed by atoms with Gasteiger partial charge in [0, 0.05) is 6.92 Å². The number of amides is 1. The molecule has 3 aliphatic rings. The zero-order valence-electron chi connectivity index (χ0n) is 46.2. The second kappa shape index (κ2) is 41.3. The highest BCUT2D eigenvalue weighted by Gasteiger charge is 2.53. The van der Waals surface area contributed by atoms with Crippen molar-refractivity contribution in [2.24, 2.45) is 0 Å². The zero-order chi connectivity index (χ0) is 55.5. The average molecular weight is 1090 g/mol. The average Bonchev–Trinajstić information content (AvgIpc) is 3.41. The van der Waals surface area contributed by atoms with Gasteiger partial charge in [-0.05, 0) is 25.7 Å². The summed E-state index contributed by atoms with van der Waals surface area (Å²) in [6.45, 7) is 0.741. The Bertz CT molecular complexity index is 1490. The molecule has 3 heterocycles. The van der Waals surface area contributed by atoms with Crippen LogP contribution in [0, 0.1) is 0 Å². The van der Waals surface area contributed by atoms with E-state index in [4.69, 9.17) is 28.4 Å². The molecule has 19 nitrogen and oxygen atoms in total. The highest BCUT2D eigenvalue weighted by molar-refractivity contribution is 5.73. The first-order chi connectivity index (χ1) is 36.8. The maximum Gasteiger partial charge on any atom is 0.217 e. The van der Waals surface area contributed by atoms with Crippen LogP contribution in [-0.2, 0) is 33.2 Å². The molecular weight excluding hydrogens is 987 g/mol. The van der Waals surface area contributed by atoms with Crippen molar-refractivity contribution < 1.29 is 89.4 Å². The van der Waals surface area contributed by atoms with Gasteiger partial charge >= 0.3 is 0 Å². The topological polar surface area (TPSA) is 307 Å². The van der Waals surface area contributed by atoms with Crippen LogP contribution in [0.3, 0.4) is 0 Å². The number of nitrogens with one attached hydrogen (secondary N) is 1. The lowest BCUT2D eigenvalue weighted by atomic mass is 9.96. The van der Waals surface area contributed by atoms with E-state index >= 15 is 0 Å². The summed E-state index contributed by atoms with van der Waals surface area (Å²) in [5.41, 5.74) is 0. The van der Waals surface area contributed by atoms with Crippen LogP contribution in [0.1, 0.15) is 200 Å². The number of hydrogen-bond acceptors (Lipinski definition) is 18. The first-order valence-electron chi connectivity index (χ1n) is 29.5. The maximum atomic E-state index is 12.1. The fourth-order valence-corrected chi connectivity index (χ4v) is 10.2. The predicted octanol–water partition coefficient (Wildman–Crippen LogP) is 4.76. The molecule has 3 aliphatic heterocycles. The van der Waals surface area contributed by atoms with Crippen LogP contribution in [0.4, 0.5) is 0 Å². The highest BCUT2D eigenvalue weighted by Crippen LogP contribution is 2.33. The van der Waals surface area contributed by atoms with Crippen LogP contribution in [0.5, 0.6) is 0 Å². The molecule has 0 radical (unpaired) electrons. The van der Waals surface area contributed by atoms with Crippen LogP contribution in [0.15, 0.2) is 24.3 Å². The number of rotatable bonds is 43. The van der Waals surface area contributed by atoms with Gasteiger partial charge in [-0.25, -0.2) is 0 Å². The van der Waals surface area contributed by atoms with Gasteiger partial charge in [0.25, 0.3) is 0 Å². The van der Waals surface area contributed by atoms with E-state index in [0.717, 1.165) is 19.3 Å². The Morgan fingerprint density at radius 2 is 0.816 bits per heavy atom. The molecule has 19 heteroatoms. The van der Waals surface area contributed by atoms with E-state index < -0.39 is 130 Å². The number of unbranched alkanes of at least 4 members (excludes halogenated alkanes) is 27. The minimum absolute atomic E-state index is 0.382. The number of hydrogen-bond donors (Lipinski definition) is 12. The minimum Gasteiger partial charge on any atom is -0.394 e. The molecule has 3 rings (SSSR count). The molecule has 0 aromatic carbocycles. The first kappa shape index (κ1) is 68.5. The lowest BCUT2D eigenvalue weighted by Gasteiger charge is -2.48. The number of aliphatic hydroxyl groups is 11.